The van der Waals surface area contributed by atoms with E-state index < -0.39 is 6.10 Å². The van der Waals surface area contributed by atoms with Gasteiger partial charge in [-0.3, -0.25) is 0 Å². The smallest absolute Gasteiger partial charge is 0.161 e. The van der Waals surface area contributed by atoms with Crippen LogP contribution in [0.4, 0.5) is 0 Å². The molecule has 0 bridgehead atoms. The van der Waals surface area contributed by atoms with Crippen molar-refractivity contribution in [1.82, 2.24) is 5.32 Å². The lowest BCUT2D eigenvalue weighted by Gasteiger charge is -2.14. The van der Waals surface area contributed by atoms with Crippen molar-refractivity contribution in [2.75, 3.05) is 33.9 Å². The van der Waals surface area contributed by atoms with Crippen LogP contribution in [0, 0.1) is 5.92 Å². The predicted molar refractivity (Wildman–Crippen MR) is 87.5 cm³/mol. The molecule has 0 saturated carbocycles. The van der Waals surface area contributed by atoms with Crippen molar-refractivity contribution in [2.24, 2.45) is 5.92 Å². The van der Waals surface area contributed by atoms with Gasteiger partial charge in [0.1, 0.15) is 0 Å². The van der Waals surface area contributed by atoms with Crippen molar-refractivity contribution in [3.8, 4) is 11.5 Å². The minimum Gasteiger partial charge on any atom is -0.493 e. The van der Waals surface area contributed by atoms with Crippen LogP contribution >= 0.6 is 0 Å². The summed E-state index contributed by atoms with van der Waals surface area (Å²) in [7, 11) is 3.21. The number of nitrogens with one attached hydrogen (secondary N) is 1. The van der Waals surface area contributed by atoms with Crippen LogP contribution in [-0.4, -0.2) is 45.1 Å². The summed E-state index contributed by atoms with van der Waals surface area (Å²) in [6, 6.07) is 5.65. The number of benzene rings is 1. The molecular weight excluding hydrogens is 282 g/mol. The van der Waals surface area contributed by atoms with Crippen LogP contribution in [0.25, 0.3) is 0 Å². The van der Waals surface area contributed by atoms with Gasteiger partial charge in [0, 0.05) is 6.54 Å². The Balaban J connectivity index is 2.26. The first-order chi connectivity index (χ1) is 10.6. The van der Waals surface area contributed by atoms with E-state index in [-0.39, 0.29) is 0 Å². The van der Waals surface area contributed by atoms with E-state index in [0.717, 1.165) is 18.5 Å². The maximum atomic E-state index is 9.84. The normalized spacial score (nSPS) is 12.5. The largest absolute Gasteiger partial charge is 0.493 e. The van der Waals surface area contributed by atoms with Crippen LogP contribution in [0.5, 0.6) is 11.5 Å². The number of hydrogen-bond donors (Lipinski definition) is 2. The second-order valence-electron chi connectivity index (χ2n) is 5.74. The average molecular weight is 311 g/mol. The quantitative estimate of drug-likeness (QED) is 0.614. The van der Waals surface area contributed by atoms with E-state index in [9.17, 15) is 5.11 Å². The lowest BCUT2D eigenvalue weighted by Crippen LogP contribution is -2.31. The van der Waals surface area contributed by atoms with Crippen molar-refractivity contribution < 1.29 is 19.3 Å². The van der Waals surface area contributed by atoms with Gasteiger partial charge in [0.05, 0.1) is 33.5 Å². The van der Waals surface area contributed by atoms with Gasteiger partial charge in [-0.15, -0.1) is 0 Å². The first kappa shape index (κ1) is 18.7. The second-order valence-corrected chi connectivity index (χ2v) is 5.74. The van der Waals surface area contributed by atoms with Gasteiger partial charge < -0.3 is 24.6 Å². The molecule has 126 valence electrons. The van der Waals surface area contributed by atoms with E-state index in [1.54, 1.807) is 14.2 Å². The van der Waals surface area contributed by atoms with Crippen molar-refractivity contribution in [3.63, 3.8) is 0 Å². The molecule has 0 radical (unpaired) electrons. The van der Waals surface area contributed by atoms with Gasteiger partial charge in [0.15, 0.2) is 11.5 Å². The SMILES string of the molecule is COc1ccc(COCC(O)CNCCC(C)C)cc1OC. The standard InChI is InChI=1S/C17H29NO4/c1-13(2)7-8-18-10-15(19)12-22-11-14-5-6-16(20-3)17(9-14)21-4/h5-6,9,13,15,18-19H,7-8,10-12H2,1-4H3. The molecular formula is C17H29NO4. The van der Waals surface area contributed by atoms with Gasteiger partial charge in [0.2, 0.25) is 0 Å². The molecule has 22 heavy (non-hydrogen) atoms. The molecule has 1 atom stereocenters. The Hall–Kier alpha value is -1.30. The molecule has 5 heteroatoms. The van der Waals surface area contributed by atoms with Crippen LogP contribution < -0.4 is 14.8 Å². The monoisotopic (exact) mass is 311 g/mol. The van der Waals surface area contributed by atoms with E-state index in [4.69, 9.17) is 14.2 Å². The van der Waals surface area contributed by atoms with Crippen LogP contribution in [0.1, 0.15) is 25.8 Å². The average Bonchev–Trinajstić information content (AvgIpc) is 2.51. The second kappa shape index (κ2) is 10.4. The molecule has 0 aliphatic carbocycles. The molecule has 1 aromatic carbocycles. The van der Waals surface area contributed by atoms with E-state index >= 15 is 0 Å². The first-order valence-electron chi connectivity index (χ1n) is 7.74. The minimum absolute atomic E-state index is 0.309. The molecule has 0 aliphatic heterocycles. The van der Waals surface area contributed by atoms with Gasteiger partial charge in [-0.1, -0.05) is 19.9 Å². The lowest BCUT2D eigenvalue weighted by atomic mass is 10.1. The highest BCUT2D eigenvalue weighted by Crippen LogP contribution is 2.27. The third-order valence-corrected chi connectivity index (χ3v) is 3.31. The van der Waals surface area contributed by atoms with Gasteiger partial charge in [-0.25, -0.2) is 0 Å². The van der Waals surface area contributed by atoms with E-state index in [1.165, 1.54) is 0 Å². The van der Waals surface area contributed by atoms with Gasteiger partial charge in [-0.05, 0) is 36.6 Å². The van der Waals surface area contributed by atoms with Crippen LogP contribution in [0.3, 0.4) is 0 Å². The molecule has 0 aliphatic rings. The number of aliphatic hydroxyl groups excluding tert-OH is 1. The summed E-state index contributed by atoms with van der Waals surface area (Å²) in [5, 5.41) is 13.1. The molecule has 1 rings (SSSR count). The molecule has 0 amide bonds. The highest BCUT2D eigenvalue weighted by Gasteiger charge is 2.07. The topological polar surface area (TPSA) is 60.0 Å². The van der Waals surface area contributed by atoms with E-state index in [0.29, 0.717) is 37.2 Å². The Kier molecular flexibility index (Phi) is 8.89. The summed E-state index contributed by atoms with van der Waals surface area (Å²) < 4.78 is 16.0. The van der Waals surface area contributed by atoms with Gasteiger partial charge in [0.25, 0.3) is 0 Å². The third kappa shape index (κ3) is 7.11. The molecule has 1 aromatic rings. The van der Waals surface area contributed by atoms with Crippen molar-refractivity contribution in [2.45, 2.75) is 33.0 Å². The summed E-state index contributed by atoms with van der Waals surface area (Å²) in [4.78, 5) is 0. The fraction of sp³-hybridized carbons (Fsp3) is 0.647. The highest BCUT2D eigenvalue weighted by molar-refractivity contribution is 5.42. The zero-order valence-electron chi connectivity index (χ0n) is 14.1. The van der Waals surface area contributed by atoms with E-state index in [2.05, 4.69) is 19.2 Å². The number of aliphatic hydroxyl groups is 1. The zero-order chi connectivity index (χ0) is 16.4. The molecule has 0 heterocycles. The number of ether oxygens (including phenoxy) is 3. The van der Waals surface area contributed by atoms with Crippen LogP contribution in [-0.2, 0) is 11.3 Å². The Morgan fingerprint density at radius 2 is 1.86 bits per heavy atom. The van der Waals surface area contributed by atoms with Gasteiger partial charge in [-0.2, -0.15) is 0 Å². The fourth-order valence-electron chi connectivity index (χ4n) is 2.00. The minimum atomic E-state index is -0.493. The molecule has 0 aromatic heterocycles. The first-order valence-corrected chi connectivity index (χ1v) is 7.74. The molecule has 0 fully saturated rings. The summed E-state index contributed by atoms with van der Waals surface area (Å²) in [6.45, 7) is 6.59. The Labute approximate surface area is 133 Å². The van der Waals surface area contributed by atoms with E-state index in [1.807, 2.05) is 18.2 Å². The number of methoxy groups -OCH3 is 2. The Morgan fingerprint density at radius 3 is 2.50 bits per heavy atom. The summed E-state index contributed by atoms with van der Waals surface area (Å²) >= 11 is 0. The van der Waals surface area contributed by atoms with Gasteiger partial charge >= 0.3 is 0 Å². The molecule has 5 nitrogen and oxygen atoms in total. The van der Waals surface area contributed by atoms with Crippen molar-refractivity contribution in [1.29, 1.82) is 0 Å². The van der Waals surface area contributed by atoms with Crippen molar-refractivity contribution in [3.05, 3.63) is 23.8 Å². The summed E-state index contributed by atoms with van der Waals surface area (Å²) in [5.74, 6) is 2.05. The third-order valence-electron chi connectivity index (χ3n) is 3.31. The zero-order valence-corrected chi connectivity index (χ0v) is 14.1. The summed E-state index contributed by atoms with van der Waals surface area (Å²) in [5.41, 5.74) is 0.984. The van der Waals surface area contributed by atoms with Crippen molar-refractivity contribution >= 4 is 0 Å². The maximum Gasteiger partial charge on any atom is 0.161 e. The highest BCUT2D eigenvalue weighted by atomic mass is 16.5. The maximum absolute atomic E-state index is 9.84. The molecule has 2 N–H and O–H groups in total. The lowest BCUT2D eigenvalue weighted by molar-refractivity contribution is 0.0288. The summed E-state index contributed by atoms with van der Waals surface area (Å²) in [6.07, 6.45) is 0.617. The van der Waals surface area contributed by atoms with Crippen LogP contribution in [0.15, 0.2) is 18.2 Å². The molecule has 1 unspecified atom stereocenters. The molecule has 0 saturated heterocycles. The number of hydrogen-bond acceptors (Lipinski definition) is 5. The predicted octanol–water partition coefficient (Wildman–Crippen LogP) is 2.22. The molecule has 0 spiro atoms. The Bertz CT molecular complexity index is 423. The van der Waals surface area contributed by atoms with Crippen LogP contribution in [0.2, 0.25) is 0 Å². The Morgan fingerprint density at radius 1 is 1.14 bits per heavy atom. The fourth-order valence-corrected chi connectivity index (χ4v) is 2.00. The number of rotatable bonds is 11.